The van der Waals surface area contributed by atoms with Crippen LogP contribution >= 0.6 is 0 Å². The highest BCUT2D eigenvalue weighted by molar-refractivity contribution is 7.88. The normalized spacial score (nSPS) is 17.3. The van der Waals surface area contributed by atoms with Gasteiger partial charge in [-0.2, -0.15) is 5.10 Å². The lowest BCUT2D eigenvalue weighted by Crippen LogP contribution is -2.37. The molecule has 0 aromatic carbocycles. The van der Waals surface area contributed by atoms with Gasteiger partial charge in [0.25, 0.3) is 0 Å². The molecule has 3 heterocycles. The Hall–Kier alpha value is -1.80. The second-order valence-corrected chi connectivity index (χ2v) is 8.20. The zero-order chi connectivity index (χ0) is 17.3. The average molecular weight is 349 g/mol. The smallest absolute Gasteiger partial charge is 0.211 e. The van der Waals surface area contributed by atoms with E-state index >= 15 is 0 Å². The summed E-state index contributed by atoms with van der Waals surface area (Å²) in [6, 6.07) is 3.93. The summed E-state index contributed by atoms with van der Waals surface area (Å²) >= 11 is 0. The molecular weight excluding hydrogens is 326 g/mol. The molecule has 1 saturated heterocycles. The van der Waals surface area contributed by atoms with Crippen molar-refractivity contribution in [1.29, 1.82) is 0 Å². The monoisotopic (exact) mass is 349 g/mol. The van der Waals surface area contributed by atoms with Crippen molar-refractivity contribution in [3.8, 4) is 11.4 Å². The molecule has 3 rings (SSSR count). The predicted octanol–water partition coefficient (Wildman–Crippen LogP) is 1.81. The Bertz CT molecular complexity index is 823. The summed E-state index contributed by atoms with van der Waals surface area (Å²) in [6.45, 7) is 5.86. The van der Waals surface area contributed by atoms with Crippen LogP contribution in [-0.4, -0.2) is 51.8 Å². The van der Waals surface area contributed by atoms with Crippen LogP contribution in [-0.2, 0) is 16.6 Å². The van der Waals surface area contributed by atoms with E-state index in [1.165, 1.54) is 10.6 Å². The van der Waals surface area contributed by atoms with Gasteiger partial charge in [0.1, 0.15) is 5.82 Å². The molecule has 0 unspecified atom stereocenters. The van der Waals surface area contributed by atoms with E-state index in [2.05, 4.69) is 10.1 Å². The average Bonchev–Trinajstić information content (AvgIpc) is 3.02. The molecule has 24 heavy (non-hydrogen) atoms. The largest absolute Gasteiger partial charge is 0.264 e. The number of aromatic nitrogens is 4. The fraction of sp³-hybridized carbons (Fsp3) is 0.562. The van der Waals surface area contributed by atoms with Gasteiger partial charge in [0.05, 0.1) is 17.6 Å². The Morgan fingerprint density at radius 1 is 1.25 bits per heavy atom. The van der Waals surface area contributed by atoms with E-state index in [1.807, 2.05) is 30.7 Å². The van der Waals surface area contributed by atoms with Crippen LogP contribution in [0, 0.1) is 6.92 Å². The molecule has 7 nitrogen and oxygen atoms in total. The maximum atomic E-state index is 11.6. The molecule has 0 atom stereocenters. The second-order valence-electron chi connectivity index (χ2n) is 6.22. The molecule has 0 saturated carbocycles. The van der Waals surface area contributed by atoms with Crippen molar-refractivity contribution in [3.63, 3.8) is 0 Å². The summed E-state index contributed by atoms with van der Waals surface area (Å²) in [5.41, 5.74) is 2.78. The third-order valence-corrected chi connectivity index (χ3v) is 5.74. The Morgan fingerprint density at radius 3 is 2.58 bits per heavy atom. The summed E-state index contributed by atoms with van der Waals surface area (Å²) in [4.78, 5) is 9.36. The zero-order valence-electron chi connectivity index (χ0n) is 14.3. The second kappa shape index (κ2) is 6.60. The molecule has 2 aromatic heterocycles. The van der Waals surface area contributed by atoms with Gasteiger partial charge in [0, 0.05) is 37.4 Å². The van der Waals surface area contributed by atoms with Crippen LogP contribution in [0.1, 0.15) is 37.2 Å². The van der Waals surface area contributed by atoms with Crippen molar-refractivity contribution in [2.45, 2.75) is 39.2 Å². The van der Waals surface area contributed by atoms with Crippen molar-refractivity contribution < 1.29 is 8.42 Å². The van der Waals surface area contributed by atoms with Gasteiger partial charge in [0.2, 0.25) is 10.0 Å². The van der Waals surface area contributed by atoms with Gasteiger partial charge in [-0.3, -0.25) is 4.68 Å². The summed E-state index contributed by atoms with van der Waals surface area (Å²) in [5.74, 6) is 1.00. The first-order valence-corrected chi connectivity index (χ1v) is 10.1. The van der Waals surface area contributed by atoms with Gasteiger partial charge in [-0.15, -0.1) is 0 Å². The summed E-state index contributed by atoms with van der Waals surface area (Å²) in [6.07, 6.45) is 4.55. The van der Waals surface area contributed by atoms with E-state index < -0.39 is 10.0 Å². The van der Waals surface area contributed by atoms with E-state index in [1.54, 1.807) is 6.20 Å². The number of rotatable bonds is 4. The molecule has 0 aliphatic carbocycles. The molecule has 1 aliphatic heterocycles. The van der Waals surface area contributed by atoms with E-state index in [4.69, 9.17) is 4.98 Å². The van der Waals surface area contributed by atoms with Gasteiger partial charge in [-0.05, 0) is 38.8 Å². The van der Waals surface area contributed by atoms with Gasteiger partial charge >= 0.3 is 0 Å². The Balaban J connectivity index is 1.85. The number of aryl methyl sites for hydroxylation is 2. The minimum atomic E-state index is -3.11. The molecule has 8 heteroatoms. The first-order chi connectivity index (χ1) is 11.4. The number of sulfonamides is 1. The maximum absolute atomic E-state index is 11.6. The van der Waals surface area contributed by atoms with Gasteiger partial charge in [-0.1, -0.05) is 0 Å². The van der Waals surface area contributed by atoms with Crippen LogP contribution < -0.4 is 0 Å². The van der Waals surface area contributed by atoms with Crippen LogP contribution in [0.4, 0.5) is 0 Å². The highest BCUT2D eigenvalue weighted by atomic mass is 32.2. The van der Waals surface area contributed by atoms with Gasteiger partial charge in [0.15, 0.2) is 0 Å². The number of piperidine rings is 1. The molecule has 0 amide bonds. The Labute approximate surface area is 142 Å². The van der Waals surface area contributed by atoms with Gasteiger partial charge in [-0.25, -0.2) is 22.7 Å². The molecule has 0 N–H and O–H groups in total. The zero-order valence-corrected chi connectivity index (χ0v) is 15.1. The van der Waals surface area contributed by atoms with Crippen LogP contribution in [0.15, 0.2) is 18.3 Å². The number of nitrogens with zero attached hydrogens (tertiary/aromatic N) is 5. The minimum absolute atomic E-state index is 0.194. The highest BCUT2D eigenvalue weighted by Crippen LogP contribution is 2.28. The van der Waals surface area contributed by atoms with Crippen molar-refractivity contribution >= 4 is 10.0 Å². The van der Waals surface area contributed by atoms with Crippen LogP contribution in [0.3, 0.4) is 0 Å². The Kier molecular flexibility index (Phi) is 4.69. The molecule has 1 fully saturated rings. The molecule has 0 radical (unpaired) electrons. The molecule has 1 aliphatic rings. The first-order valence-electron chi connectivity index (χ1n) is 8.21. The van der Waals surface area contributed by atoms with Crippen molar-refractivity contribution in [3.05, 3.63) is 29.8 Å². The Morgan fingerprint density at radius 2 is 1.96 bits per heavy atom. The fourth-order valence-electron chi connectivity index (χ4n) is 3.15. The fourth-order valence-corrected chi connectivity index (χ4v) is 4.03. The predicted molar refractivity (Wildman–Crippen MR) is 92.1 cm³/mol. The lowest BCUT2D eigenvalue weighted by Gasteiger charge is -2.29. The summed E-state index contributed by atoms with van der Waals surface area (Å²) in [7, 11) is -3.11. The van der Waals surface area contributed by atoms with Crippen molar-refractivity contribution in [1.82, 2.24) is 24.1 Å². The van der Waals surface area contributed by atoms with E-state index in [9.17, 15) is 8.42 Å². The standard InChI is InChI=1S/C16H23N5O2S/c1-4-21-15(5-8-17-21)14-11-12(2)18-16(19-14)13-6-9-20(10-7-13)24(3,22)23/h5,8,11,13H,4,6-7,9-10H2,1-3H3. The lowest BCUT2D eigenvalue weighted by molar-refractivity contribution is 0.315. The van der Waals surface area contributed by atoms with Gasteiger partial charge < -0.3 is 0 Å². The molecule has 2 aromatic rings. The molecule has 130 valence electrons. The third kappa shape index (κ3) is 3.49. The van der Waals surface area contributed by atoms with Crippen LogP contribution in [0.5, 0.6) is 0 Å². The lowest BCUT2D eigenvalue weighted by atomic mass is 9.97. The van der Waals surface area contributed by atoms with Crippen LogP contribution in [0.25, 0.3) is 11.4 Å². The highest BCUT2D eigenvalue weighted by Gasteiger charge is 2.27. The van der Waals surface area contributed by atoms with Crippen molar-refractivity contribution in [2.24, 2.45) is 0 Å². The summed E-state index contributed by atoms with van der Waals surface area (Å²) < 4.78 is 26.7. The minimum Gasteiger partial charge on any atom is -0.264 e. The SMILES string of the molecule is CCn1nccc1-c1cc(C)nc(C2CCN(S(C)(=O)=O)CC2)n1. The van der Waals surface area contributed by atoms with E-state index in [-0.39, 0.29) is 5.92 Å². The summed E-state index contributed by atoms with van der Waals surface area (Å²) in [5, 5.41) is 4.30. The number of hydrogen-bond donors (Lipinski definition) is 0. The quantitative estimate of drug-likeness (QED) is 0.841. The molecular formula is C16H23N5O2S. The molecule has 0 bridgehead atoms. The van der Waals surface area contributed by atoms with Crippen molar-refractivity contribution in [2.75, 3.05) is 19.3 Å². The molecule has 0 spiro atoms. The third-order valence-electron chi connectivity index (χ3n) is 4.44. The van der Waals surface area contributed by atoms with E-state index in [0.717, 1.165) is 42.3 Å². The first kappa shape index (κ1) is 17.0. The topological polar surface area (TPSA) is 81.0 Å². The number of hydrogen-bond acceptors (Lipinski definition) is 5. The van der Waals surface area contributed by atoms with Crippen LogP contribution in [0.2, 0.25) is 0 Å². The maximum Gasteiger partial charge on any atom is 0.211 e. The van der Waals surface area contributed by atoms with E-state index in [0.29, 0.717) is 13.1 Å².